The van der Waals surface area contributed by atoms with Crippen LogP contribution in [0.15, 0.2) is 60.7 Å². The SMILES string of the molecule is CO[C@@H]1O[C@H]([C@@H](C#Cc2ccccc2)OC(=O)c2ccccc2)[C@@H](O[Si](C)(C)C(C)(C)C)[C@H]1O[Si](C)(C)C(C)(C)C. The van der Waals surface area contributed by atoms with Gasteiger partial charge >= 0.3 is 5.97 Å². The molecule has 1 saturated heterocycles. The van der Waals surface area contributed by atoms with E-state index in [-0.39, 0.29) is 10.1 Å². The van der Waals surface area contributed by atoms with Gasteiger partial charge in [0.15, 0.2) is 29.0 Å². The van der Waals surface area contributed by atoms with Crippen LogP contribution in [-0.4, -0.2) is 60.4 Å². The van der Waals surface area contributed by atoms with E-state index in [1.54, 1.807) is 31.4 Å². The first-order chi connectivity index (χ1) is 19.0. The Balaban J connectivity index is 2.10. The minimum atomic E-state index is -2.34. The van der Waals surface area contributed by atoms with E-state index in [1.807, 2.05) is 36.4 Å². The highest BCUT2D eigenvalue weighted by Crippen LogP contribution is 2.44. The van der Waals surface area contributed by atoms with Crippen molar-refractivity contribution in [2.24, 2.45) is 0 Å². The van der Waals surface area contributed by atoms with Gasteiger partial charge in [0.2, 0.25) is 0 Å². The van der Waals surface area contributed by atoms with Crippen molar-refractivity contribution in [2.45, 2.75) is 109 Å². The van der Waals surface area contributed by atoms with Gasteiger partial charge in [-0.1, -0.05) is 89.8 Å². The molecule has 1 heterocycles. The predicted molar refractivity (Wildman–Crippen MR) is 169 cm³/mol. The maximum atomic E-state index is 13.3. The van der Waals surface area contributed by atoms with E-state index in [4.69, 9.17) is 23.1 Å². The molecule has 0 radical (unpaired) electrons. The molecule has 8 heteroatoms. The highest BCUT2D eigenvalue weighted by atomic mass is 28.4. The van der Waals surface area contributed by atoms with Gasteiger partial charge in [0.05, 0.1) is 5.56 Å². The van der Waals surface area contributed by atoms with E-state index in [0.29, 0.717) is 5.56 Å². The van der Waals surface area contributed by atoms with Crippen molar-refractivity contribution >= 4 is 22.6 Å². The summed E-state index contributed by atoms with van der Waals surface area (Å²) in [4.78, 5) is 13.3. The molecule has 0 aromatic heterocycles. The smallest absolute Gasteiger partial charge is 0.339 e. The summed E-state index contributed by atoms with van der Waals surface area (Å²) in [5.74, 6) is 5.92. The van der Waals surface area contributed by atoms with Crippen LogP contribution in [-0.2, 0) is 23.1 Å². The molecule has 1 aliphatic heterocycles. The fourth-order valence-electron chi connectivity index (χ4n) is 3.99. The van der Waals surface area contributed by atoms with Gasteiger partial charge in [0.1, 0.15) is 18.3 Å². The van der Waals surface area contributed by atoms with Crippen LogP contribution in [0.4, 0.5) is 0 Å². The van der Waals surface area contributed by atoms with Crippen LogP contribution >= 0.6 is 0 Å². The van der Waals surface area contributed by atoms with Crippen LogP contribution in [0.1, 0.15) is 57.5 Å². The summed E-state index contributed by atoms with van der Waals surface area (Å²) in [7, 11) is -3.01. The number of esters is 1. The molecule has 0 spiro atoms. The quantitative estimate of drug-likeness (QED) is 0.180. The minimum Gasteiger partial charge on any atom is -0.443 e. The fourth-order valence-corrected chi connectivity index (χ4v) is 6.57. The molecule has 41 heavy (non-hydrogen) atoms. The topological polar surface area (TPSA) is 63.2 Å². The van der Waals surface area contributed by atoms with E-state index in [0.717, 1.165) is 5.56 Å². The van der Waals surface area contributed by atoms with E-state index in [2.05, 4.69) is 79.6 Å². The Labute approximate surface area is 249 Å². The van der Waals surface area contributed by atoms with Gasteiger partial charge in [-0.15, -0.1) is 0 Å². The van der Waals surface area contributed by atoms with Crippen LogP contribution in [0.3, 0.4) is 0 Å². The third-order valence-electron chi connectivity index (χ3n) is 8.59. The Bertz CT molecular complexity index is 1210. The molecule has 224 valence electrons. The maximum absolute atomic E-state index is 13.3. The van der Waals surface area contributed by atoms with Crippen molar-refractivity contribution in [2.75, 3.05) is 7.11 Å². The Morgan fingerprint density at radius 2 is 1.29 bits per heavy atom. The molecule has 0 aliphatic carbocycles. The zero-order chi connectivity index (χ0) is 30.6. The molecule has 2 aromatic rings. The number of benzene rings is 2. The third-order valence-corrected chi connectivity index (χ3v) is 17.5. The van der Waals surface area contributed by atoms with E-state index < -0.39 is 53.3 Å². The monoisotopic (exact) mass is 596 g/mol. The van der Waals surface area contributed by atoms with Crippen molar-refractivity contribution < 1.29 is 27.9 Å². The van der Waals surface area contributed by atoms with E-state index in [1.165, 1.54) is 0 Å². The summed E-state index contributed by atoms with van der Waals surface area (Å²) < 4.78 is 32.5. The largest absolute Gasteiger partial charge is 0.443 e. The van der Waals surface area contributed by atoms with Crippen molar-refractivity contribution in [3.63, 3.8) is 0 Å². The lowest BCUT2D eigenvalue weighted by molar-refractivity contribution is -0.156. The predicted octanol–water partition coefficient (Wildman–Crippen LogP) is 7.42. The first-order valence-corrected chi connectivity index (χ1v) is 20.1. The number of hydrogen-bond acceptors (Lipinski definition) is 6. The average molecular weight is 597 g/mol. The van der Waals surface area contributed by atoms with Crippen LogP contribution in [0, 0.1) is 11.8 Å². The second-order valence-electron chi connectivity index (χ2n) is 13.7. The molecular weight excluding hydrogens is 549 g/mol. The van der Waals surface area contributed by atoms with Crippen molar-refractivity contribution in [1.82, 2.24) is 0 Å². The molecule has 1 aliphatic rings. The number of methoxy groups -OCH3 is 1. The zero-order valence-electron chi connectivity index (χ0n) is 26.6. The number of ether oxygens (including phenoxy) is 3. The average Bonchev–Trinajstić information content (AvgIpc) is 3.21. The Morgan fingerprint density at radius 1 is 0.805 bits per heavy atom. The van der Waals surface area contributed by atoms with Gasteiger partial charge in [-0.05, 0) is 60.5 Å². The Kier molecular flexibility index (Phi) is 10.5. The van der Waals surface area contributed by atoms with E-state index >= 15 is 0 Å². The summed E-state index contributed by atoms with van der Waals surface area (Å²) in [6.07, 6.45) is -3.44. The molecule has 0 N–H and O–H groups in total. The lowest BCUT2D eigenvalue weighted by Crippen LogP contribution is -2.55. The molecule has 0 saturated carbocycles. The maximum Gasteiger partial charge on any atom is 0.339 e. The molecular formula is C33H48O6Si2. The van der Waals surface area contributed by atoms with Gasteiger partial charge < -0.3 is 23.1 Å². The molecule has 6 nitrogen and oxygen atoms in total. The standard InChI is InChI=1S/C33H48O6Si2/c1-32(2,3)40(8,9)38-28-27(37-31(35-7)29(28)39-41(10,11)33(4,5)6)26(23-22-24-18-14-12-15-19-24)36-30(34)25-20-16-13-17-21-25/h12-21,26-29,31H,1-11H3/t26-,27-,28-,29-,31-/m1/s1. The van der Waals surface area contributed by atoms with Crippen molar-refractivity contribution in [3.8, 4) is 11.8 Å². The van der Waals surface area contributed by atoms with Crippen molar-refractivity contribution in [3.05, 3.63) is 71.8 Å². The summed E-state index contributed by atoms with van der Waals surface area (Å²) >= 11 is 0. The summed E-state index contributed by atoms with van der Waals surface area (Å²) in [6, 6.07) is 18.6. The number of carbonyl (C=O) groups is 1. The second-order valence-corrected chi connectivity index (χ2v) is 23.2. The first kappa shape index (κ1) is 33.2. The van der Waals surface area contributed by atoms with Gasteiger partial charge in [-0.25, -0.2) is 4.79 Å². The summed E-state index contributed by atoms with van der Waals surface area (Å²) in [6.45, 7) is 22.0. The minimum absolute atomic E-state index is 0.0445. The molecule has 5 atom stereocenters. The van der Waals surface area contributed by atoms with Gasteiger partial charge in [-0.3, -0.25) is 0 Å². The highest BCUT2D eigenvalue weighted by Gasteiger charge is 2.56. The fraction of sp³-hybridized carbons (Fsp3) is 0.545. The van der Waals surface area contributed by atoms with Gasteiger partial charge in [0.25, 0.3) is 0 Å². The number of hydrogen-bond donors (Lipinski definition) is 0. The summed E-state index contributed by atoms with van der Waals surface area (Å²) in [5.41, 5.74) is 1.25. The molecule has 0 bridgehead atoms. The van der Waals surface area contributed by atoms with Crippen LogP contribution in [0.2, 0.25) is 36.3 Å². The number of rotatable bonds is 8. The molecule has 3 rings (SSSR count). The third kappa shape index (κ3) is 8.19. The van der Waals surface area contributed by atoms with Gasteiger partial charge in [-0.2, -0.15) is 0 Å². The molecule has 1 fully saturated rings. The van der Waals surface area contributed by atoms with Crippen LogP contribution in [0.25, 0.3) is 0 Å². The van der Waals surface area contributed by atoms with Crippen LogP contribution in [0.5, 0.6) is 0 Å². The zero-order valence-corrected chi connectivity index (χ0v) is 28.6. The highest BCUT2D eigenvalue weighted by molar-refractivity contribution is 6.74. The lowest BCUT2D eigenvalue weighted by Gasteiger charge is -2.44. The van der Waals surface area contributed by atoms with E-state index in [9.17, 15) is 4.79 Å². The van der Waals surface area contributed by atoms with Crippen molar-refractivity contribution in [1.29, 1.82) is 0 Å². The second kappa shape index (κ2) is 12.9. The van der Waals surface area contributed by atoms with Crippen LogP contribution < -0.4 is 0 Å². The number of carbonyl (C=O) groups excluding carboxylic acids is 1. The Morgan fingerprint density at radius 3 is 1.78 bits per heavy atom. The first-order valence-electron chi connectivity index (χ1n) is 14.3. The summed E-state index contributed by atoms with van der Waals surface area (Å²) in [5, 5.41) is -0.118. The normalized spacial score (nSPS) is 22.5. The molecule has 0 unspecified atom stereocenters. The molecule has 2 aromatic carbocycles. The Hall–Kier alpha value is -2.26. The lowest BCUT2D eigenvalue weighted by atomic mass is 10.1. The molecule has 0 amide bonds. The van der Waals surface area contributed by atoms with Gasteiger partial charge in [0, 0.05) is 12.7 Å².